The second-order valence-electron chi connectivity index (χ2n) is 8.27. The van der Waals surface area contributed by atoms with E-state index in [1.165, 1.54) is 0 Å². The van der Waals surface area contributed by atoms with Gasteiger partial charge in [-0.1, -0.05) is 46.3 Å². The lowest BCUT2D eigenvalue weighted by Crippen LogP contribution is -2.50. The number of rotatable bonds is 5. The molecule has 2 aromatic carbocycles. The molecule has 2 unspecified atom stereocenters. The van der Waals surface area contributed by atoms with E-state index in [-0.39, 0.29) is 11.9 Å². The van der Waals surface area contributed by atoms with Crippen LogP contribution in [0.2, 0.25) is 0 Å². The van der Waals surface area contributed by atoms with E-state index < -0.39 is 17.7 Å². The summed E-state index contributed by atoms with van der Waals surface area (Å²) in [6.45, 7) is 5.88. The molecule has 7 heteroatoms. The number of hydrogen-bond acceptors (Lipinski definition) is 4. The lowest BCUT2D eigenvalue weighted by molar-refractivity contribution is -0.124. The third kappa shape index (κ3) is 6.23. The van der Waals surface area contributed by atoms with E-state index >= 15 is 0 Å². The number of hydrogen-bond donors (Lipinski definition) is 2. The fraction of sp³-hybridized carbons (Fsp3) is 0.391. The summed E-state index contributed by atoms with van der Waals surface area (Å²) < 4.78 is 12.0. The Bertz CT molecular complexity index is 896. The summed E-state index contributed by atoms with van der Waals surface area (Å²) in [5, 5.41) is 5.81. The average Bonchev–Trinajstić information content (AvgIpc) is 2.67. The van der Waals surface area contributed by atoms with E-state index in [4.69, 9.17) is 9.47 Å². The van der Waals surface area contributed by atoms with Gasteiger partial charge in [-0.25, -0.2) is 4.79 Å². The molecule has 0 fully saturated rings. The van der Waals surface area contributed by atoms with E-state index in [1.54, 1.807) is 20.8 Å². The highest BCUT2D eigenvalue weighted by molar-refractivity contribution is 9.10. The van der Waals surface area contributed by atoms with Gasteiger partial charge in [-0.3, -0.25) is 4.79 Å². The Morgan fingerprint density at radius 2 is 1.93 bits per heavy atom. The number of ether oxygens (including phenoxy) is 2. The largest absolute Gasteiger partial charge is 0.493 e. The van der Waals surface area contributed by atoms with Gasteiger partial charge in [-0.05, 0) is 44.5 Å². The number of carbonyl (C=O) groups excluding carboxylic acids is 2. The third-order valence-corrected chi connectivity index (χ3v) is 5.11. The van der Waals surface area contributed by atoms with E-state index in [1.807, 2.05) is 48.5 Å². The minimum absolute atomic E-state index is 0.197. The number of carbonyl (C=O) groups is 2. The van der Waals surface area contributed by atoms with Crippen LogP contribution in [-0.4, -0.2) is 30.3 Å². The predicted octanol–water partition coefficient (Wildman–Crippen LogP) is 4.52. The highest BCUT2D eigenvalue weighted by atomic mass is 79.9. The quantitative estimate of drug-likeness (QED) is 0.667. The zero-order chi connectivity index (χ0) is 21.7. The number of fused-ring (bicyclic) bond motifs is 1. The molecule has 0 aliphatic carbocycles. The van der Waals surface area contributed by atoms with Crippen molar-refractivity contribution < 1.29 is 19.1 Å². The van der Waals surface area contributed by atoms with Gasteiger partial charge in [0.05, 0.1) is 12.6 Å². The Morgan fingerprint density at radius 1 is 1.20 bits per heavy atom. The fourth-order valence-corrected chi connectivity index (χ4v) is 3.68. The van der Waals surface area contributed by atoms with Crippen molar-refractivity contribution in [2.45, 2.75) is 51.3 Å². The number of benzene rings is 2. The number of alkyl carbamates (subject to hydrolysis) is 1. The van der Waals surface area contributed by atoms with Crippen LogP contribution >= 0.6 is 15.9 Å². The maximum atomic E-state index is 13.2. The van der Waals surface area contributed by atoms with Crippen molar-refractivity contribution >= 4 is 27.9 Å². The summed E-state index contributed by atoms with van der Waals surface area (Å²) in [4.78, 5) is 25.5. The van der Waals surface area contributed by atoms with Crippen molar-refractivity contribution in [3.8, 4) is 5.75 Å². The molecule has 0 radical (unpaired) electrons. The Labute approximate surface area is 185 Å². The zero-order valence-electron chi connectivity index (χ0n) is 17.4. The molecule has 0 saturated heterocycles. The van der Waals surface area contributed by atoms with Gasteiger partial charge in [-0.15, -0.1) is 0 Å². The second kappa shape index (κ2) is 9.51. The first-order chi connectivity index (χ1) is 14.2. The Kier molecular flexibility index (Phi) is 7.02. The molecule has 2 atom stereocenters. The van der Waals surface area contributed by atoms with Gasteiger partial charge in [0.25, 0.3) is 0 Å². The second-order valence-corrected chi connectivity index (χ2v) is 9.18. The maximum Gasteiger partial charge on any atom is 0.408 e. The lowest BCUT2D eigenvalue weighted by Gasteiger charge is -2.29. The molecule has 2 aromatic rings. The van der Waals surface area contributed by atoms with Crippen LogP contribution in [0.1, 0.15) is 44.4 Å². The third-order valence-electron chi connectivity index (χ3n) is 4.62. The number of amides is 2. The van der Waals surface area contributed by atoms with Crippen LogP contribution in [0.25, 0.3) is 0 Å². The summed E-state index contributed by atoms with van der Waals surface area (Å²) in [5.74, 6) is 0.497. The molecule has 30 heavy (non-hydrogen) atoms. The van der Waals surface area contributed by atoms with Crippen LogP contribution in [0.5, 0.6) is 5.75 Å². The summed E-state index contributed by atoms with van der Waals surface area (Å²) in [7, 11) is 0. The normalized spacial score (nSPS) is 16.6. The van der Waals surface area contributed by atoms with Crippen LogP contribution in [0, 0.1) is 0 Å². The van der Waals surface area contributed by atoms with Gasteiger partial charge in [0.15, 0.2) is 0 Å². The molecule has 1 heterocycles. The number of halogens is 1. The topological polar surface area (TPSA) is 76.7 Å². The minimum atomic E-state index is -0.763. The SMILES string of the molecule is CC(C)(C)OC(=O)NC(Cc1ccccc1)C(=O)NC1CCOc2ccc(Br)cc21. The van der Waals surface area contributed by atoms with Gasteiger partial charge in [0, 0.05) is 22.9 Å². The molecule has 0 saturated carbocycles. The molecule has 1 aliphatic rings. The van der Waals surface area contributed by atoms with Gasteiger partial charge >= 0.3 is 6.09 Å². The van der Waals surface area contributed by atoms with Crippen LogP contribution in [0.4, 0.5) is 4.79 Å². The smallest absolute Gasteiger partial charge is 0.408 e. The van der Waals surface area contributed by atoms with E-state index in [0.717, 1.165) is 21.3 Å². The van der Waals surface area contributed by atoms with Crippen molar-refractivity contribution in [3.05, 3.63) is 64.1 Å². The molecule has 6 nitrogen and oxygen atoms in total. The molecule has 0 bridgehead atoms. The van der Waals surface area contributed by atoms with Crippen molar-refractivity contribution in [2.75, 3.05) is 6.61 Å². The van der Waals surface area contributed by atoms with Gasteiger partial charge < -0.3 is 20.1 Å². The van der Waals surface area contributed by atoms with E-state index in [0.29, 0.717) is 19.4 Å². The summed E-state index contributed by atoms with van der Waals surface area (Å²) in [6.07, 6.45) is 0.397. The van der Waals surface area contributed by atoms with Gasteiger partial charge in [0.1, 0.15) is 17.4 Å². The minimum Gasteiger partial charge on any atom is -0.493 e. The van der Waals surface area contributed by atoms with Crippen molar-refractivity contribution in [1.82, 2.24) is 10.6 Å². The van der Waals surface area contributed by atoms with Crippen molar-refractivity contribution in [3.63, 3.8) is 0 Å². The molecular formula is C23H27BrN2O4. The molecule has 3 rings (SSSR count). The van der Waals surface area contributed by atoms with Crippen LogP contribution < -0.4 is 15.4 Å². The molecule has 2 N–H and O–H groups in total. The summed E-state index contributed by atoms with van der Waals surface area (Å²) in [5.41, 5.74) is 1.22. The average molecular weight is 475 g/mol. The Morgan fingerprint density at radius 3 is 2.63 bits per heavy atom. The monoisotopic (exact) mass is 474 g/mol. The van der Waals surface area contributed by atoms with Crippen LogP contribution in [0.3, 0.4) is 0 Å². The first kappa shape index (κ1) is 22.2. The van der Waals surface area contributed by atoms with E-state index in [2.05, 4.69) is 26.6 Å². The van der Waals surface area contributed by atoms with Gasteiger partial charge in [0.2, 0.25) is 5.91 Å². The number of nitrogens with one attached hydrogen (secondary N) is 2. The molecule has 0 spiro atoms. The van der Waals surface area contributed by atoms with Crippen molar-refractivity contribution in [1.29, 1.82) is 0 Å². The molecule has 1 aliphatic heterocycles. The maximum absolute atomic E-state index is 13.2. The van der Waals surface area contributed by atoms with E-state index in [9.17, 15) is 9.59 Å². The molecular weight excluding hydrogens is 448 g/mol. The Hall–Kier alpha value is -2.54. The highest BCUT2D eigenvalue weighted by Gasteiger charge is 2.29. The van der Waals surface area contributed by atoms with Gasteiger partial charge in [-0.2, -0.15) is 0 Å². The first-order valence-corrected chi connectivity index (χ1v) is 10.8. The van der Waals surface area contributed by atoms with Crippen molar-refractivity contribution in [2.24, 2.45) is 0 Å². The predicted molar refractivity (Wildman–Crippen MR) is 118 cm³/mol. The van der Waals surface area contributed by atoms with Crippen LogP contribution in [-0.2, 0) is 16.0 Å². The first-order valence-electron chi connectivity index (χ1n) is 9.97. The summed E-state index contributed by atoms with van der Waals surface area (Å²) >= 11 is 3.48. The van der Waals surface area contributed by atoms with Crippen LogP contribution in [0.15, 0.2) is 53.0 Å². The zero-order valence-corrected chi connectivity index (χ0v) is 19.0. The Balaban J connectivity index is 1.76. The lowest BCUT2D eigenvalue weighted by atomic mass is 9.99. The molecule has 160 valence electrons. The molecule has 0 aromatic heterocycles. The standard InChI is InChI=1S/C23H27BrN2O4/c1-23(2,3)30-22(28)26-19(13-15-7-5-4-6-8-15)21(27)25-18-11-12-29-20-10-9-16(24)14-17(18)20/h4-10,14,18-19H,11-13H2,1-3H3,(H,25,27)(H,26,28). The summed E-state index contributed by atoms with van der Waals surface area (Å²) in [6, 6.07) is 14.4. The highest BCUT2D eigenvalue weighted by Crippen LogP contribution is 2.34. The fourth-order valence-electron chi connectivity index (χ4n) is 3.30. The molecule has 2 amide bonds.